The van der Waals surface area contributed by atoms with E-state index in [1.54, 1.807) is 0 Å². The Hall–Kier alpha value is -0.570. The Balaban J connectivity index is 2.29. The molecule has 0 aliphatic carbocycles. The Morgan fingerprint density at radius 1 is 1.33 bits per heavy atom. The highest BCUT2D eigenvalue weighted by atomic mass is 35.5. The zero-order valence-corrected chi connectivity index (χ0v) is 12.0. The Bertz CT molecular complexity index is 403. The SMILES string of the molecule is CCC(C)(C(O)c1ccccc1Cl)N1CCCC1. The van der Waals surface area contributed by atoms with Crippen LogP contribution >= 0.6 is 11.6 Å². The van der Waals surface area contributed by atoms with E-state index in [9.17, 15) is 5.11 Å². The molecule has 2 rings (SSSR count). The highest BCUT2D eigenvalue weighted by Crippen LogP contribution is 2.38. The molecule has 0 saturated carbocycles. The summed E-state index contributed by atoms with van der Waals surface area (Å²) in [6.45, 7) is 6.43. The Morgan fingerprint density at radius 3 is 2.50 bits per heavy atom. The lowest BCUT2D eigenvalue weighted by atomic mass is 9.85. The van der Waals surface area contributed by atoms with Gasteiger partial charge in [-0.3, -0.25) is 4.90 Å². The summed E-state index contributed by atoms with van der Waals surface area (Å²) in [7, 11) is 0. The minimum Gasteiger partial charge on any atom is -0.386 e. The maximum Gasteiger partial charge on any atom is 0.0985 e. The van der Waals surface area contributed by atoms with Crippen LogP contribution < -0.4 is 0 Å². The highest BCUT2D eigenvalue weighted by Gasteiger charge is 2.39. The number of aliphatic hydroxyl groups is 1. The van der Waals surface area contributed by atoms with Crippen molar-refractivity contribution in [1.82, 2.24) is 4.90 Å². The molecule has 0 spiro atoms. The zero-order chi connectivity index (χ0) is 13.2. The summed E-state index contributed by atoms with van der Waals surface area (Å²) in [5.74, 6) is 0. The van der Waals surface area contributed by atoms with Crippen molar-refractivity contribution in [3.63, 3.8) is 0 Å². The number of halogens is 1. The molecule has 18 heavy (non-hydrogen) atoms. The standard InChI is InChI=1S/C15H22ClNO/c1-3-15(2,17-10-6-7-11-17)14(18)12-8-4-5-9-13(12)16/h4-5,8-9,14,18H,3,6-7,10-11H2,1-2H3. The molecule has 0 amide bonds. The Morgan fingerprint density at radius 2 is 1.94 bits per heavy atom. The van der Waals surface area contributed by atoms with E-state index in [0.717, 1.165) is 25.1 Å². The molecular formula is C15H22ClNO. The molecule has 2 nitrogen and oxygen atoms in total. The third-order valence-electron chi connectivity index (χ3n) is 4.33. The van der Waals surface area contributed by atoms with E-state index in [1.165, 1.54) is 12.8 Å². The van der Waals surface area contributed by atoms with Gasteiger partial charge in [0.05, 0.1) is 6.10 Å². The van der Waals surface area contributed by atoms with Gasteiger partial charge in [-0.1, -0.05) is 36.7 Å². The van der Waals surface area contributed by atoms with Gasteiger partial charge in [-0.2, -0.15) is 0 Å². The molecule has 3 heteroatoms. The van der Waals surface area contributed by atoms with Gasteiger partial charge in [0, 0.05) is 16.1 Å². The average Bonchev–Trinajstić information content (AvgIpc) is 2.92. The molecule has 100 valence electrons. The van der Waals surface area contributed by atoms with Gasteiger partial charge in [0.2, 0.25) is 0 Å². The summed E-state index contributed by atoms with van der Waals surface area (Å²) in [5, 5.41) is 11.4. The van der Waals surface area contributed by atoms with Crippen LogP contribution in [0.1, 0.15) is 44.8 Å². The van der Waals surface area contributed by atoms with Crippen LogP contribution in [0.2, 0.25) is 5.02 Å². The van der Waals surface area contributed by atoms with Crippen LogP contribution in [0.5, 0.6) is 0 Å². The lowest BCUT2D eigenvalue weighted by Crippen LogP contribution is -2.49. The van der Waals surface area contributed by atoms with Gasteiger partial charge in [-0.25, -0.2) is 0 Å². The zero-order valence-electron chi connectivity index (χ0n) is 11.2. The van der Waals surface area contributed by atoms with Crippen LogP contribution in [-0.2, 0) is 0 Å². The monoisotopic (exact) mass is 267 g/mol. The maximum atomic E-state index is 10.8. The normalized spacial score (nSPS) is 21.8. The van der Waals surface area contributed by atoms with Crippen molar-refractivity contribution in [3.05, 3.63) is 34.9 Å². The molecule has 1 fully saturated rings. The lowest BCUT2D eigenvalue weighted by Gasteiger charge is -2.42. The number of nitrogens with zero attached hydrogens (tertiary/aromatic N) is 1. The summed E-state index contributed by atoms with van der Waals surface area (Å²) in [4.78, 5) is 2.40. The number of hydrogen-bond acceptors (Lipinski definition) is 2. The fraction of sp³-hybridized carbons (Fsp3) is 0.600. The molecule has 1 aromatic rings. The minimum absolute atomic E-state index is 0.221. The van der Waals surface area contributed by atoms with Crippen LogP contribution in [0.3, 0.4) is 0 Å². The quantitative estimate of drug-likeness (QED) is 0.900. The van der Waals surface area contributed by atoms with Crippen LogP contribution in [0.15, 0.2) is 24.3 Å². The van der Waals surface area contributed by atoms with E-state index in [-0.39, 0.29) is 5.54 Å². The van der Waals surface area contributed by atoms with Gasteiger partial charge < -0.3 is 5.11 Å². The number of hydrogen-bond donors (Lipinski definition) is 1. The van der Waals surface area contributed by atoms with Crippen molar-refractivity contribution < 1.29 is 5.11 Å². The van der Waals surface area contributed by atoms with Crippen LogP contribution in [0, 0.1) is 0 Å². The van der Waals surface area contributed by atoms with E-state index in [4.69, 9.17) is 11.6 Å². The third kappa shape index (κ3) is 2.42. The van der Waals surface area contributed by atoms with Crippen molar-refractivity contribution >= 4 is 11.6 Å². The van der Waals surface area contributed by atoms with E-state index >= 15 is 0 Å². The minimum atomic E-state index is -0.533. The number of aliphatic hydroxyl groups excluding tert-OH is 1. The molecular weight excluding hydrogens is 246 g/mol. The predicted molar refractivity (Wildman–Crippen MR) is 75.9 cm³/mol. The van der Waals surface area contributed by atoms with Gasteiger partial charge in [0.15, 0.2) is 0 Å². The number of likely N-dealkylation sites (tertiary alicyclic amines) is 1. The molecule has 1 aliphatic rings. The van der Waals surface area contributed by atoms with Gasteiger partial charge in [-0.05, 0) is 45.3 Å². The lowest BCUT2D eigenvalue weighted by molar-refractivity contribution is -0.0139. The number of rotatable bonds is 4. The van der Waals surface area contributed by atoms with Crippen LogP contribution in [-0.4, -0.2) is 28.6 Å². The van der Waals surface area contributed by atoms with E-state index in [1.807, 2.05) is 24.3 Å². The summed E-state index contributed by atoms with van der Waals surface area (Å²) in [6.07, 6.45) is 2.84. The van der Waals surface area contributed by atoms with Gasteiger partial charge in [0.1, 0.15) is 0 Å². The molecule has 2 unspecified atom stereocenters. The first-order valence-electron chi connectivity index (χ1n) is 6.77. The first kappa shape index (κ1) is 13.9. The molecule has 1 aromatic carbocycles. The third-order valence-corrected chi connectivity index (χ3v) is 4.68. The first-order chi connectivity index (χ1) is 8.59. The summed E-state index contributed by atoms with van der Waals surface area (Å²) in [5.41, 5.74) is 0.622. The Kier molecular flexibility index (Phi) is 4.31. The van der Waals surface area contributed by atoms with E-state index < -0.39 is 6.10 Å². The van der Waals surface area contributed by atoms with Crippen molar-refractivity contribution in [1.29, 1.82) is 0 Å². The van der Waals surface area contributed by atoms with Crippen molar-refractivity contribution in [3.8, 4) is 0 Å². The molecule has 1 N–H and O–H groups in total. The average molecular weight is 268 g/mol. The fourth-order valence-electron chi connectivity index (χ4n) is 2.85. The smallest absolute Gasteiger partial charge is 0.0985 e. The Labute approximate surface area is 115 Å². The predicted octanol–water partition coefficient (Wildman–Crippen LogP) is 3.64. The first-order valence-corrected chi connectivity index (χ1v) is 7.15. The van der Waals surface area contributed by atoms with Crippen LogP contribution in [0.25, 0.3) is 0 Å². The summed E-state index contributed by atoms with van der Waals surface area (Å²) >= 11 is 6.21. The van der Waals surface area contributed by atoms with E-state index in [0.29, 0.717) is 5.02 Å². The largest absolute Gasteiger partial charge is 0.386 e. The fourth-order valence-corrected chi connectivity index (χ4v) is 3.09. The topological polar surface area (TPSA) is 23.5 Å². The van der Waals surface area contributed by atoms with Gasteiger partial charge >= 0.3 is 0 Å². The summed E-state index contributed by atoms with van der Waals surface area (Å²) in [6, 6.07) is 7.61. The number of benzene rings is 1. The second-order valence-corrected chi connectivity index (χ2v) is 5.74. The maximum absolute atomic E-state index is 10.8. The molecule has 0 radical (unpaired) electrons. The van der Waals surface area contributed by atoms with Gasteiger partial charge in [-0.15, -0.1) is 0 Å². The second kappa shape index (κ2) is 5.60. The molecule has 2 atom stereocenters. The van der Waals surface area contributed by atoms with Crippen molar-refractivity contribution in [2.24, 2.45) is 0 Å². The molecule has 1 aliphatic heterocycles. The summed E-state index contributed by atoms with van der Waals surface area (Å²) < 4.78 is 0. The molecule has 0 bridgehead atoms. The molecule has 0 aromatic heterocycles. The van der Waals surface area contributed by atoms with Crippen molar-refractivity contribution in [2.45, 2.75) is 44.8 Å². The van der Waals surface area contributed by atoms with Crippen molar-refractivity contribution in [2.75, 3.05) is 13.1 Å². The molecule has 1 saturated heterocycles. The van der Waals surface area contributed by atoms with Gasteiger partial charge in [0.25, 0.3) is 0 Å². The second-order valence-electron chi connectivity index (χ2n) is 5.33. The highest BCUT2D eigenvalue weighted by molar-refractivity contribution is 6.31. The van der Waals surface area contributed by atoms with E-state index in [2.05, 4.69) is 18.7 Å². The van der Waals surface area contributed by atoms with Crippen LogP contribution in [0.4, 0.5) is 0 Å². The molecule has 1 heterocycles.